The fourth-order valence-electron chi connectivity index (χ4n) is 1.86. The molecule has 2 aromatic rings. The van der Waals surface area contributed by atoms with E-state index in [9.17, 15) is 4.79 Å². The van der Waals surface area contributed by atoms with Gasteiger partial charge >= 0.3 is 6.03 Å². The Morgan fingerprint density at radius 3 is 2.96 bits per heavy atom. The lowest BCUT2D eigenvalue weighted by Gasteiger charge is -2.11. The van der Waals surface area contributed by atoms with Gasteiger partial charge in [0.2, 0.25) is 5.88 Å². The van der Waals surface area contributed by atoms with Crippen LogP contribution in [0.3, 0.4) is 0 Å². The monoisotopic (exact) mass is 330 g/mol. The molecule has 2 rings (SSSR count). The predicted octanol–water partition coefficient (Wildman–Crippen LogP) is 3.33. The second kappa shape index (κ2) is 8.01. The zero-order chi connectivity index (χ0) is 16.7. The third kappa shape index (κ3) is 4.59. The number of halogens is 1. The Balaban J connectivity index is 1.96. The molecular weight excluding hydrogens is 316 g/mol. The predicted molar refractivity (Wildman–Crippen MR) is 87.4 cm³/mol. The van der Waals surface area contributed by atoms with Crippen LogP contribution in [0.25, 0.3) is 0 Å². The summed E-state index contributed by atoms with van der Waals surface area (Å²) in [5.74, 6) is 0.497. The van der Waals surface area contributed by atoms with Crippen LogP contribution in [0.4, 0.5) is 10.5 Å². The molecule has 0 bridgehead atoms. The molecule has 0 aliphatic heterocycles. The van der Waals surface area contributed by atoms with Crippen molar-refractivity contribution in [2.75, 3.05) is 11.9 Å². The Hall–Kier alpha value is -2.78. The van der Waals surface area contributed by atoms with Crippen molar-refractivity contribution in [1.29, 1.82) is 5.26 Å². The molecule has 1 aromatic carbocycles. The van der Waals surface area contributed by atoms with E-state index < -0.39 is 6.03 Å². The fraction of sp³-hybridized carbons (Fsp3) is 0.188. The number of nitriles is 1. The van der Waals surface area contributed by atoms with Gasteiger partial charge in [0.15, 0.2) is 0 Å². The molecule has 0 saturated heterocycles. The van der Waals surface area contributed by atoms with E-state index in [1.807, 2.05) is 19.1 Å². The minimum absolute atomic E-state index is 0.277. The van der Waals surface area contributed by atoms with Crippen LogP contribution in [0, 0.1) is 11.3 Å². The molecule has 7 heteroatoms. The molecule has 118 valence electrons. The highest BCUT2D eigenvalue weighted by Gasteiger charge is 2.08. The van der Waals surface area contributed by atoms with Crippen LogP contribution in [0.2, 0.25) is 5.02 Å². The first-order valence-electron chi connectivity index (χ1n) is 6.95. The molecule has 1 aromatic heterocycles. The van der Waals surface area contributed by atoms with Crippen molar-refractivity contribution in [2.24, 2.45) is 0 Å². The third-order valence-corrected chi connectivity index (χ3v) is 3.23. The van der Waals surface area contributed by atoms with E-state index in [2.05, 4.69) is 15.6 Å². The highest BCUT2D eigenvalue weighted by molar-refractivity contribution is 6.32. The Bertz CT molecular complexity index is 743. The molecule has 23 heavy (non-hydrogen) atoms. The number of pyridine rings is 1. The Morgan fingerprint density at radius 2 is 2.26 bits per heavy atom. The Labute approximate surface area is 139 Å². The van der Waals surface area contributed by atoms with E-state index in [4.69, 9.17) is 21.6 Å². The number of urea groups is 1. The van der Waals surface area contributed by atoms with Gasteiger partial charge in [-0.05, 0) is 31.2 Å². The molecule has 0 spiro atoms. The molecule has 2 amide bonds. The van der Waals surface area contributed by atoms with E-state index in [0.29, 0.717) is 23.7 Å². The molecule has 0 aliphatic carbocycles. The molecule has 0 saturated carbocycles. The lowest BCUT2D eigenvalue weighted by molar-refractivity contribution is 0.251. The quantitative estimate of drug-likeness (QED) is 0.880. The molecule has 0 aliphatic rings. The van der Waals surface area contributed by atoms with Gasteiger partial charge < -0.3 is 15.4 Å². The number of carbonyl (C=O) groups excluding carboxylic acids is 1. The summed E-state index contributed by atoms with van der Waals surface area (Å²) in [6.07, 6.45) is 1.63. The molecular formula is C16H15ClN4O2. The van der Waals surface area contributed by atoms with E-state index in [1.165, 1.54) is 6.07 Å². The summed E-state index contributed by atoms with van der Waals surface area (Å²) in [5, 5.41) is 14.5. The van der Waals surface area contributed by atoms with Crippen molar-refractivity contribution in [3.63, 3.8) is 0 Å². The summed E-state index contributed by atoms with van der Waals surface area (Å²) in [7, 11) is 0. The Morgan fingerprint density at radius 1 is 1.43 bits per heavy atom. The smallest absolute Gasteiger partial charge is 0.319 e. The van der Waals surface area contributed by atoms with E-state index in [1.54, 1.807) is 24.4 Å². The number of carbonyl (C=O) groups is 1. The van der Waals surface area contributed by atoms with Crippen molar-refractivity contribution < 1.29 is 9.53 Å². The summed E-state index contributed by atoms with van der Waals surface area (Å²) in [6.45, 7) is 2.65. The lowest BCUT2D eigenvalue weighted by Crippen LogP contribution is -2.28. The van der Waals surface area contributed by atoms with E-state index >= 15 is 0 Å². The highest BCUT2D eigenvalue weighted by atomic mass is 35.5. The summed E-state index contributed by atoms with van der Waals surface area (Å²) in [4.78, 5) is 16.0. The van der Waals surface area contributed by atoms with Gasteiger partial charge in [-0.25, -0.2) is 9.78 Å². The summed E-state index contributed by atoms with van der Waals surface area (Å²) in [5.41, 5.74) is 1.64. The van der Waals surface area contributed by atoms with Crippen LogP contribution in [0.1, 0.15) is 18.1 Å². The molecule has 1 heterocycles. The second-order valence-electron chi connectivity index (χ2n) is 4.51. The molecule has 0 atom stereocenters. The molecule has 6 nitrogen and oxygen atoms in total. The van der Waals surface area contributed by atoms with E-state index in [0.717, 1.165) is 5.56 Å². The number of benzene rings is 1. The average Bonchev–Trinajstić information content (AvgIpc) is 2.54. The normalized spacial score (nSPS) is 9.78. The first-order valence-corrected chi connectivity index (χ1v) is 7.33. The van der Waals surface area contributed by atoms with Gasteiger partial charge in [0.05, 0.1) is 17.2 Å². The number of hydrogen-bond donors (Lipinski definition) is 2. The minimum Gasteiger partial charge on any atom is -0.478 e. The van der Waals surface area contributed by atoms with Gasteiger partial charge in [0, 0.05) is 24.0 Å². The van der Waals surface area contributed by atoms with Gasteiger partial charge in [0.25, 0.3) is 0 Å². The average molecular weight is 331 g/mol. The minimum atomic E-state index is -0.392. The van der Waals surface area contributed by atoms with Gasteiger partial charge in [-0.1, -0.05) is 17.7 Å². The summed E-state index contributed by atoms with van der Waals surface area (Å²) in [6, 6.07) is 9.86. The highest BCUT2D eigenvalue weighted by Crippen LogP contribution is 2.20. The summed E-state index contributed by atoms with van der Waals surface area (Å²) >= 11 is 5.92. The maximum atomic E-state index is 11.9. The van der Waals surface area contributed by atoms with Crippen molar-refractivity contribution >= 4 is 23.3 Å². The number of hydrogen-bond acceptors (Lipinski definition) is 4. The zero-order valence-electron chi connectivity index (χ0n) is 12.5. The van der Waals surface area contributed by atoms with Gasteiger partial charge in [-0.2, -0.15) is 5.26 Å². The van der Waals surface area contributed by atoms with Crippen LogP contribution in [-0.4, -0.2) is 17.6 Å². The number of nitrogens with one attached hydrogen (secondary N) is 2. The van der Waals surface area contributed by atoms with Crippen LogP contribution < -0.4 is 15.4 Å². The largest absolute Gasteiger partial charge is 0.478 e. The SMILES string of the molecule is CCOc1ncccc1CNC(=O)Nc1ccc(C#N)c(Cl)c1. The van der Waals surface area contributed by atoms with Crippen LogP contribution in [0.5, 0.6) is 5.88 Å². The maximum Gasteiger partial charge on any atom is 0.319 e. The van der Waals surface area contributed by atoms with Crippen LogP contribution in [-0.2, 0) is 6.54 Å². The van der Waals surface area contributed by atoms with Gasteiger partial charge in [0.1, 0.15) is 6.07 Å². The van der Waals surface area contributed by atoms with Crippen molar-refractivity contribution in [1.82, 2.24) is 10.3 Å². The number of ether oxygens (including phenoxy) is 1. The van der Waals surface area contributed by atoms with Crippen molar-refractivity contribution in [2.45, 2.75) is 13.5 Å². The van der Waals surface area contributed by atoms with Crippen LogP contribution in [0.15, 0.2) is 36.5 Å². The topological polar surface area (TPSA) is 87.0 Å². The molecule has 2 N–H and O–H groups in total. The van der Waals surface area contributed by atoms with Gasteiger partial charge in [-0.3, -0.25) is 0 Å². The molecule has 0 unspecified atom stereocenters. The second-order valence-corrected chi connectivity index (χ2v) is 4.92. The van der Waals surface area contributed by atoms with Crippen LogP contribution >= 0.6 is 11.6 Å². The molecule has 0 radical (unpaired) electrons. The Kier molecular flexibility index (Phi) is 5.78. The summed E-state index contributed by atoms with van der Waals surface area (Å²) < 4.78 is 5.40. The van der Waals surface area contributed by atoms with Crippen molar-refractivity contribution in [3.8, 4) is 11.9 Å². The number of anilines is 1. The standard InChI is InChI=1S/C16H15ClN4O2/c1-2-23-15-12(4-3-7-19-15)10-20-16(22)21-13-6-5-11(9-18)14(17)8-13/h3-8H,2,10H2,1H3,(H2,20,21,22). The molecule has 0 fully saturated rings. The fourth-order valence-corrected chi connectivity index (χ4v) is 2.08. The number of nitrogens with zero attached hydrogens (tertiary/aromatic N) is 2. The first kappa shape index (κ1) is 16.6. The first-order chi connectivity index (χ1) is 11.1. The third-order valence-electron chi connectivity index (χ3n) is 2.92. The zero-order valence-corrected chi connectivity index (χ0v) is 13.2. The lowest BCUT2D eigenvalue weighted by atomic mass is 10.2. The number of rotatable bonds is 5. The maximum absolute atomic E-state index is 11.9. The number of aromatic nitrogens is 1. The number of amides is 2. The van der Waals surface area contributed by atoms with Gasteiger partial charge in [-0.15, -0.1) is 0 Å². The van der Waals surface area contributed by atoms with Crippen molar-refractivity contribution in [3.05, 3.63) is 52.7 Å². The van der Waals surface area contributed by atoms with E-state index in [-0.39, 0.29) is 11.6 Å².